The Morgan fingerprint density at radius 2 is 1.52 bits per heavy atom. The molecular formula is C44H56N4O10. The van der Waals surface area contributed by atoms with Crippen LogP contribution in [-0.4, -0.2) is 68.2 Å². The van der Waals surface area contributed by atoms with E-state index in [0.717, 1.165) is 63.4 Å². The third-order valence-corrected chi connectivity index (χ3v) is 9.33. The molecule has 1 atom stereocenters. The van der Waals surface area contributed by atoms with Gasteiger partial charge in [0.1, 0.15) is 11.4 Å². The molecule has 3 N–H and O–H groups in total. The first kappa shape index (κ1) is 44.8. The fourth-order valence-corrected chi connectivity index (χ4v) is 5.86. The topological polar surface area (TPSA) is 180 Å². The molecule has 14 nitrogen and oxygen atoms in total. The quantitative estimate of drug-likeness (QED) is 0.0361. The van der Waals surface area contributed by atoms with Gasteiger partial charge in [-0.2, -0.15) is 0 Å². The summed E-state index contributed by atoms with van der Waals surface area (Å²) in [5.74, 6) is -1.30. The number of carbonyl (C=O) groups is 5. The van der Waals surface area contributed by atoms with Crippen molar-refractivity contribution in [2.45, 2.75) is 97.8 Å². The number of methoxy groups -OCH3 is 1. The maximum atomic E-state index is 14.1. The monoisotopic (exact) mass is 800 g/mol. The molecule has 14 heteroatoms. The highest BCUT2D eigenvalue weighted by molar-refractivity contribution is 6.11. The minimum atomic E-state index is -1.38. The summed E-state index contributed by atoms with van der Waals surface area (Å²) in [7, 11) is 1.46. The molecule has 3 amide bonds. The van der Waals surface area contributed by atoms with Gasteiger partial charge in [-0.05, 0) is 73.6 Å². The van der Waals surface area contributed by atoms with Crippen LogP contribution in [0.4, 0.5) is 15.3 Å². The number of ether oxygens (including phenoxy) is 5. The van der Waals surface area contributed by atoms with Crippen molar-refractivity contribution < 1.29 is 47.7 Å². The summed E-state index contributed by atoms with van der Waals surface area (Å²) in [6.45, 7) is 10.6. The Kier molecular flexibility index (Phi) is 18.0. The highest BCUT2D eigenvalue weighted by atomic mass is 16.8. The third-order valence-electron chi connectivity index (χ3n) is 9.33. The number of nitrogens with one attached hydrogen (secondary N) is 3. The molecule has 4 rings (SSSR count). The van der Waals surface area contributed by atoms with E-state index in [9.17, 15) is 24.0 Å². The molecule has 1 aliphatic rings. The zero-order chi connectivity index (χ0) is 41.9. The Labute approximate surface area is 340 Å². The number of alkyl carbamates (subject to hydrolysis) is 1. The second-order valence-corrected chi connectivity index (χ2v) is 14.0. The number of pyridine rings is 1. The summed E-state index contributed by atoms with van der Waals surface area (Å²) in [5.41, 5.74) is 1.89. The van der Waals surface area contributed by atoms with Crippen LogP contribution in [0.2, 0.25) is 0 Å². The molecular weight excluding hydrogens is 745 g/mol. The van der Waals surface area contributed by atoms with Crippen molar-refractivity contribution in [1.29, 1.82) is 0 Å². The molecule has 1 heterocycles. The second kappa shape index (κ2) is 23.3. The lowest BCUT2D eigenvalue weighted by atomic mass is 9.94. The minimum absolute atomic E-state index is 0.0492. The SMILES string of the molecule is C=Cc1cc(C(=O)Nc2ccc(CNC(=O)OCCCCCC)cc2)c(-c2ccc(C(=O)NCC3CC3)nc2C(=O)OC(C)OC(=O)OCCCCCC)cc1OC. The van der Waals surface area contributed by atoms with Crippen LogP contribution in [0.3, 0.4) is 0 Å². The Morgan fingerprint density at radius 1 is 0.828 bits per heavy atom. The number of aromatic nitrogens is 1. The molecule has 0 saturated heterocycles. The van der Waals surface area contributed by atoms with Gasteiger partial charge in [-0.15, -0.1) is 0 Å². The summed E-state index contributed by atoms with van der Waals surface area (Å²) in [6, 6.07) is 13.0. The Balaban J connectivity index is 1.57. The average Bonchev–Trinajstić information content (AvgIpc) is 4.06. The third kappa shape index (κ3) is 14.2. The van der Waals surface area contributed by atoms with Crippen LogP contribution in [0.5, 0.6) is 5.75 Å². The highest BCUT2D eigenvalue weighted by Crippen LogP contribution is 2.35. The zero-order valence-electron chi connectivity index (χ0n) is 34.0. The first-order chi connectivity index (χ1) is 28.1. The molecule has 1 saturated carbocycles. The van der Waals surface area contributed by atoms with Gasteiger partial charge in [-0.3, -0.25) is 9.59 Å². The van der Waals surface area contributed by atoms with Crippen LogP contribution in [0.1, 0.15) is 127 Å². The van der Waals surface area contributed by atoms with Crippen LogP contribution in [-0.2, 0) is 25.5 Å². The van der Waals surface area contributed by atoms with Gasteiger partial charge in [0.05, 0.1) is 20.3 Å². The number of anilines is 1. The summed E-state index contributed by atoms with van der Waals surface area (Å²) in [4.78, 5) is 69.9. The number of benzene rings is 2. The van der Waals surface area contributed by atoms with Crippen molar-refractivity contribution in [2.75, 3.05) is 32.2 Å². The molecule has 2 aromatic carbocycles. The summed E-state index contributed by atoms with van der Waals surface area (Å²) >= 11 is 0. The number of nitrogens with zero attached hydrogens (tertiary/aromatic N) is 1. The first-order valence-corrected chi connectivity index (χ1v) is 20.1. The number of amides is 3. The lowest BCUT2D eigenvalue weighted by molar-refractivity contribution is -0.0823. The normalized spacial score (nSPS) is 12.4. The average molecular weight is 801 g/mol. The van der Waals surface area contributed by atoms with Crippen molar-refractivity contribution in [1.82, 2.24) is 15.6 Å². The number of carbonyl (C=O) groups excluding carboxylic acids is 5. The number of esters is 1. The number of unbranched alkanes of at least 4 members (excludes halogenated alkanes) is 6. The van der Waals surface area contributed by atoms with Crippen LogP contribution in [0.15, 0.2) is 55.1 Å². The van der Waals surface area contributed by atoms with Gasteiger partial charge in [-0.25, -0.2) is 19.4 Å². The van der Waals surface area contributed by atoms with Crippen molar-refractivity contribution in [3.8, 4) is 16.9 Å². The summed E-state index contributed by atoms with van der Waals surface area (Å²) < 4.78 is 26.6. The first-order valence-electron chi connectivity index (χ1n) is 20.1. The molecule has 3 aromatic rings. The Morgan fingerprint density at radius 3 is 2.16 bits per heavy atom. The molecule has 58 heavy (non-hydrogen) atoms. The van der Waals surface area contributed by atoms with E-state index in [1.807, 2.05) is 0 Å². The molecule has 1 aliphatic carbocycles. The molecule has 1 aromatic heterocycles. The van der Waals surface area contributed by atoms with Crippen LogP contribution < -0.4 is 20.7 Å². The lowest BCUT2D eigenvalue weighted by Crippen LogP contribution is -2.28. The van der Waals surface area contributed by atoms with Crippen LogP contribution >= 0.6 is 0 Å². The minimum Gasteiger partial charge on any atom is -0.496 e. The van der Waals surface area contributed by atoms with E-state index in [4.69, 9.17) is 23.7 Å². The van der Waals surface area contributed by atoms with E-state index in [1.54, 1.807) is 36.4 Å². The standard InChI is InChI=1S/C44H56N4O10/c1-6-9-11-13-23-55-43(52)46-28-31-17-19-33(20-18-31)47-40(49)36-25-32(8-3)38(54-5)26-35(36)34-21-22-37(41(50)45-27-30-15-16-30)48-39(34)42(51)57-29(4)58-44(53)56-24-14-12-10-7-2/h8,17-22,25-26,29-30H,3,6-7,9-16,23-24,27-28H2,1-2,4-5H3,(H,45,50)(H,46,52)(H,47,49). The molecule has 1 unspecified atom stereocenters. The molecule has 312 valence electrons. The van der Waals surface area contributed by atoms with Gasteiger partial charge in [0.25, 0.3) is 11.8 Å². The van der Waals surface area contributed by atoms with Crippen molar-refractivity contribution in [3.63, 3.8) is 0 Å². The van der Waals surface area contributed by atoms with Crippen molar-refractivity contribution >= 4 is 41.8 Å². The maximum Gasteiger partial charge on any atom is 0.511 e. The van der Waals surface area contributed by atoms with Gasteiger partial charge in [0, 0.05) is 48.0 Å². The lowest BCUT2D eigenvalue weighted by Gasteiger charge is -2.18. The van der Waals surface area contributed by atoms with E-state index >= 15 is 0 Å². The second-order valence-electron chi connectivity index (χ2n) is 14.0. The van der Waals surface area contributed by atoms with Gasteiger partial charge in [-0.1, -0.05) is 77.2 Å². The van der Waals surface area contributed by atoms with Gasteiger partial charge >= 0.3 is 18.2 Å². The number of hydrogen-bond acceptors (Lipinski definition) is 11. The van der Waals surface area contributed by atoms with E-state index in [-0.39, 0.29) is 41.2 Å². The fraction of sp³-hybridized carbons (Fsp3) is 0.455. The molecule has 0 spiro atoms. The number of rotatable bonds is 23. The van der Waals surface area contributed by atoms with Crippen molar-refractivity contribution in [2.24, 2.45) is 5.92 Å². The molecule has 0 radical (unpaired) electrons. The fourth-order valence-electron chi connectivity index (χ4n) is 5.86. The van der Waals surface area contributed by atoms with Crippen LogP contribution in [0.25, 0.3) is 17.2 Å². The Bertz CT molecular complexity index is 1880. The molecule has 0 bridgehead atoms. The summed E-state index contributed by atoms with van der Waals surface area (Å²) in [6.07, 6.45) is 8.32. The van der Waals surface area contributed by atoms with Gasteiger partial charge in [0.2, 0.25) is 6.29 Å². The predicted molar refractivity (Wildman–Crippen MR) is 220 cm³/mol. The molecule has 1 fully saturated rings. The zero-order valence-corrected chi connectivity index (χ0v) is 34.0. The largest absolute Gasteiger partial charge is 0.511 e. The number of hydrogen-bond donors (Lipinski definition) is 3. The van der Waals surface area contributed by atoms with Crippen LogP contribution in [0, 0.1) is 5.92 Å². The van der Waals surface area contributed by atoms with E-state index in [0.29, 0.717) is 42.5 Å². The van der Waals surface area contributed by atoms with E-state index in [2.05, 4.69) is 41.4 Å². The van der Waals surface area contributed by atoms with Crippen molar-refractivity contribution in [3.05, 3.63) is 83.2 Å². The van der Waals surface area contributed by atoms with E-state index in [1.165, 1.54) is 32.2 Å². The maximum absolute atomic E-state index is 14.1. The van der Waals surface area contributed by atoms with Gasteiger partial charge in [0.15, 0.2) is 5.69 Å². The van der Waals surface area contributed by atoms with Gasteiger partial charge < -0.3 is 39.6 Å². The molecule has 0 aliphatic heterocycles. The predicted octanol–water partition coefficient (Wildman–Crippen LogP) is 8.84. The van der Waals surface area contributed by atoms with E-state index < -0.39 is 36.3 Å². The smallest absolute Gasteiger partial charge is 0.496 e. The summed E-state index contributed by atoms with van der Waals surface area (Å²) in [5, 5.41) is 8.46. The Hall–Kier alpha value is -5.92. The highest BCUT2D eigenvalue weighted by Gasteiger charge is 2.28.